The van der Waals surface area contributed by atoms with E-state index in [2.05, 4.69) is 4.90 Å². The fourth-order valence-corrected chi connectivity index (χ4v) is 2.47. The molecule has 1 unspecified atom stereocenters. The summed E-state index contributed by atoms with van der Waals surface area (Å²) in [6.45, 7) is 9.98. The molecule has 0 radical (unpaired) electrons. The first-order valence-electron chi connectivity index (χ1n) is 7.36. The van der Waals surface area contributed by atoms with Crippen LogP contribution in [0.5, 0.6) is 0 Å². The van der Waals surface area contributed by atoms with Crippen molar-refractivity contribution >= 4 is 17.5 Å². The number of benzene rings is 1. The van der Waals surface area contributed by atoms with Crippen molar-refractivity contribution in [1.82, 2.24) is 4.90 Å². The van der Waals surface area contributed by atoms with Crippen LogP contribution in [-0.2, 0) is 4.74 Å². The van der Waals surface area contributed by atoms with Gasteiger partial charge in [0.1, 0.15) is 5.60 Å². The number of carbonyl (C=O) groups excluding carboxylic acids is 1. The van der Waals surface area contributed by atoms with Gasteiger partial charge in [-0.25, -0.2) is 4.79 Å². The Morgan fingerprint density at radius 1 is 1.24 bits per heavy atom. The molecule has 0 spiro atoms. The highest BCUT2D eigenvalue weighted by Gasteiger charge is 2.30. The van der Waals surface area contributed by atoms with Crippen molar-refractivity contribution in [2.24, 2.45) is 0 Å². The summed E-state index contributed by atoms with van der Waals surface area (Å²) in [6.07, 6.45) is -0.230. The number of piperazine rings is 1. The van der Waals surface area contributed by atoms with Crippen LogP contribution in [0.3, 0.4) is 0 Å². The molecule has 1 saturated heterocycles. The molecule has 1 aliphatic rings. The summed E-state index contributed by atoms with van der Waals surface area (Å²) in [4.78, 5) is 16.3. The zero-order chi connectivity index (χ0) is 15.6. The second-order valence-corrected chi connectivity index (χ2v) is 6.56. The lowest BCUT2D eigenvalue weighted by molar-refractivity contribution is 0.0159. The fraction of sp³-hybridized carbons (Fsp3) is 0.562. The molecule has 5 nitrogen and oxygen atoms in total. The molecule has 1 heterocycles. The monoisotopic (exact) mass is 291 g/mol. The van der Waals surface area contributed by atoms with Crippen molar-refractivity contribution in [2.45, 2.75) is 39.3 Å². The number of ether oxygens (including phenoxy) is 1. The van der Waals surface area contributed by atoms with Crippen LogP contribution in [-0.4, -0.2) is 42.3 Å². The van der Waals surface area contributed by atoms with Crippen LogP contribution >= 0.6 is 0 Å². The maximum absolute atomic E-state index is 12.2. The van der Waals surface area contributed by atoms with Crippen LogP contribution < -0.4 is 10.6 Å². The number of amides is 1. The number of nitrogens with two attached hydrogens (primary N) is 1. The number of hydrogen-bond acceptors (Lipinski definition) is 4. The fourth-order valence-electron chi connectivity index (χ4n) is 2.47. The first-order chi connectivity index (χ1) is 9.76. The predicted octanol–water partition coefficient (Wildman–Crippen LogP) is 2.71. The maximum Gasteiger partial charge on any atom is 0.410 e. The van der Waals surface area contributed by atoms with Crippen LogP contribution in [0.15, 0.2) is 24.3 Å². The number of nitrogen functional groups attached to an aromatic ring is 1. The van der Waals surface area contributed by atoms with Gasteiger partial charge in [0.15, 0.2) is 0 Å². The standard InChI is InChI=1S/C16H25N3O2/c1-12-11-18(14-7-5-13(17)6-8-14)9-10-19(12)15(20)21-16(2,3)4/h5-8,12H,9-11,17H2,1-4H3. The van der Waals surface area contributed by atoms with Crippen molar-refractivity contribution in [2.75, 3.05) is 30.3 Å². The molecule has 2 N–H and O–H groups in total. The summed E-state index contributed by atoms with van der Waals surface area (Å²) in [5, 5.41) is 0. The summed E-state index contributed by atoms with van der Waals surface area (Å²) in [6, 6.07) is 7.96. The number of anilines is 2. The van der Waals surface area contributed by atoms with E-state index >= 15 is 0 Å². The summed E-state index contributed by atoms with van der Waals surface area (Å²) in [7, 11) is 0. The topological polar surface area (TPSA) is 58.8 Å². The Labute approximate surface area is 126 Å². The third-order valence-corrected chi connectivity index (χ3v) is 3.51. The zero-order valence-electron chi connectivity index (χ0n) is 13.3. The molecule has 116 valence electrons. The second-order valence-electron chi connectivity index (χ2n) is 6.56. The highest BCUT2D eigenvalue weighted by atomic mass is 16.6. The lowest BCUT2D eigenvalue weighted by Gasteiger charge is -2.41. The van der Waals surface area contributed by atoms with Crippen LogP contribution in [0, 0.1) is 0 Å². The van der Waals surface area contributed by atoms with E-state index in [1.807, 2.05) is 52.0 Å². The lowest BCUT2D eigenvalue weighted by Crippen LogP contribution is -2.55. The van der Waals surface area contributed by atoms with Gasteiger partial charge < -0.3 is 20.3 Å². The van der Waals surface area contributed by atoms with E-state index in [1.165, 1.54) is 0 Å². The second kappa shape index (κ2) is 5.84. The average Bonchev–Trinajstić information content (AvgIpc) is 2.37. The quantitative estimate of drug-likeness (QED) is 0.808. The van der Waals surface area contributed by atoms with Crippen LogP contribution in [0.25, 0.3) is 0 Å². The molecule has 0 aliphatic carbocycles. The molecule has 1 amide bonds. The summed E-state index contributed by atoms with van der Waals surface area (Å²) >= 11 is 0. The van der Waals surface area contributed by atoms with Gasteiger partial charge in [-0.1, -0.05) is 0 Å². The number of hydrogen-bond donors (Lipinski definition) is 1. The minimum atomic E-state index is -0.453. The molecule has 2 rings (SSSR count). The third kappa shape index (κ3) is 4.03. The normalized spacial score (nSPS) is 19.5. The van der Waals surface area contributed by atoms with E-state index in [4.69, 9.17) is 10.5 Å². The Morgan fingerprint density at radius 2 is 1.86 bits per heavy atom. The van der Waals surface area contributed by atoms with Crippen molar-refractivity contribution in [3.8, 4) is 0 Å². The number of carbonyl (C=O) groups is 1. The molecule has 1 aromatic rings. The van der Waals surface area contributed by atoms with Crippen molar-refractivity contribution in [3.63, 3.8) is 0 Å². The minimum absolute atomic E-state index is 0.117. The first-order valence-corrected chi connectivity index (χ1v) is 7.36. The molecular formula is C16H25N3O2. The van der Waals surface area contributed by atoms with Crippen molar-refractivity contribution in [3.05, 3.63) is 24.3 Å². The van der Waals surface area contributed by atoms with E-state index in [-0.39, 0.29) is 12.1 Å². The third-order valence-electron chi connectivity index (χ3n) is 3.51. The van der Waals surface area contributed by atoms with E-state index in [1.54, 1.807) is 4.90 Å². The molecule has 1 aromatic carbocycles. The SMILES string of the molecule is CC1CN(c2ccc(N)cc2)CCN1C(=O)OC(C)(C)C. The van der Waals surface area contributed by atoms with Crippen molar-refractivity contribution < 1.29 is 9.53 Å². The van der Waals surface area contributed by atoms with E-state index in [9.17, 15) is 4.79 Å². The largest absolute Gasteiger partial charge is 0.444 e. The van der Waals surface area contributed by atoms with Gasteiger partial charge >= 0.3 is 6.09 Å². The molecule has 1 fully saturated rings. The van der Waals surface area contributed by atoms with E-state index < -0.39 is 5.60 Å². The van der Waals surface area contributed by atoms with Gasteiger partial charge in [-0.05, 0) is 52.0 Å². The van der Waals surface area contributed by atoms with Gasteiger partial charge in [0.05, 0.1) is 0 Å². The minimum Gasteiger partial charge on any atom is -0.444 e. The molecule has 5 heteroatoms. The summed E-state index contributed by atoms with van der Waals surface area (Å²) < 4.78 is 5.46. The Balaban J connectivity index is 1.99. The molecule has 1 aliphatic heterocycles. The van der Waals surface area contributed by atoms with Gasteiger partial charge in [0, 0.05) is 37.1 Å². The van der Waals surface area contributed by atoms with E-state index in [0.717, 1.165) is 24.5 Å². The van der Waals surface area contributed by atoms with Crippen LogP contribution in [0.4, 0.5) is 16.2 Å². The summed E-state index contributed by atoms with van der Waals surface area (Å²) in [5.74, 6) is 0. The van der Waals surface area contributed by atoms with Crippen molar-refractivity contribution in [1.29, 1.82) is 0 Å². The Kier molecular flexibility index (Phi) is 4.30. The first kappa shape index (κ1) is 15.5. The molecule has 0 saturated carbocycles. The molecule has 1 atom stereocenters. The Hall–Kier alpha value is -1.91. The van der Waals surface area contributed by atoms with Gasteiger partial charge in [-0.2, -0.15) is 0 Å². The van der Waals surface area contributed by atoms with Gasteiger partial charge in [-0.3, -0.25) is 0 Å². The van der Waals surface area contributed by atoms with Gasteiger partial charge in [0.25, 0.3) is 0 Å². The highest BCUT2D eigenvalue weighted by molar-refractivity contribution is 5.69. The molecule has 0 aromatic heterocycles. The van der Waals surface area contributed by atoms with Crippen LogP contribution in [0.1, 0.15) is 27.7 Å². The van der Waals surface area contributed by atoms with Gasteiger partial charge in [0.2, 0.25) is 0 Å². The van der Waals surface area contributed by atoms with Gasteiger partial charge in [-0.15, -0.1) is 0 Å². The smallest absolute Gasteiger partial charge is 0.410 e. The number of rotatable bonds is 1. The average molecular weight is 291 g/mol. The van der Waals surface area contributed by atoms with Crippen LogP contribution in [0.2, 0.25) is 0 Å². The Bertz CT molecular complexity index is 493. The molecular weight excluding hydrogens is 266 g/mol. The molecule has 21 heavy (non-hydrogen) atoms. The highest BCUT2D eigenvalue weighted by Crippen LogP contribution is 2.21. The predicted molar refractivity (Wildman–Crippen MR) is 85.5 cm³/mol. The van der Waals surface area contributed by atoms with E-state index in [0.29, 0.717) is 6.54 Å². The maximum atomic E-state index is 12.2. The molecule has 0 bridgehead atoms. The zero-order valence-corrected chi connectivity index (χ0v) is 13.3. The lowest BCUT2D eigenvalue weighted by atomic mass is 10.1. The summed E-state index contributed by atoms with van der Waals surface area (Å²) in [5.41, 5.74) is 7.16. The number of nitrogens with zero attached hydrogens (tertiary/aromatic N) is 2. The Morgan fingerprint density at radius 3 is 2.38 bits per heavy atom.